The molecular weight excluding hydrogens is 813 g/mol. The lowest BCUT2D eigenvalue weighted by atomic mass is 9.81. The van der Waals surface area contributed by atoms with Crippen molar-refractivity contribution in [3.8, 4) is 0 Å². The smallest absolute Gasteiger partial charge is 0.0357 e. The first kappa shape index (κ1) is 60.4. The standard InChI is InChI=1S/C18H35N.C18H29N.C14H29N.C13H27N/c2*1-17(2,3)16-13-12-15(19(16)18(4,5)6)14-10-8-7-9-11-14;1-8-11-9-10-12(13(2,3)4)15(11)14(5,6)7;1-10-8-9-11(12(2,3)4)14(10)13(5,6)7/h14-16H,7-13H2,1-6H3;7-11,15-16H,12-13H2,1-6H3;11-12H,8-10H2,1-7H3;10-11H,8-9H2,1-7H3. The van der Waals surface area contributed by atoms with Crippen LogP contribution in [-0.4, -0.2) is 84.0 Å². The number of likely N-dealkylation sites (tertiary alicyclic amines) is 4. The van der Waals surface area contributed by atoms with E-state index in [4.69, 9.17) is 0 Å². The molecule has 67 heavy (non-hydrogen) atoms. The van der Waals surface area contributed by atoms with Crippen LogP contribution in [-0.2, 0) is 0 Å². The first-order valence-electron chi connectivity index (χ1n) is 28.4. The lowest BCUT2D eigenvalue weighted by molar-refractivity contribution is -0.000148. The second-order valence-corrected chi connectivity index (χ2v) is 31.0. The highest BCUT2D eigenvalue weighted by Gasteiger charge is 2.49. The third-order valence-electron chi connectivity index (χ3n) is 16.9. The predicted octanol–water partition coefficient (Wildman–Crippen LogP) is 18.0. The minimum Gasteiger partial charge on any atom is -0.292 e. The summed E-state index contributed by atoms with van der Waals surface area (Å²) in [6, 6.07) is 16.9. The van der Waals surface area contributed by atoms with Gasteiger partial charge in [0.2, 0.25) is 0 Å². The van der Waals surface area contributed by atoms with E-state index in [1.165, 1.54) is 95.5 Å². The van der Waals surface area contributed by atoms with E-state index in [0.717, 1.165) is 42.2 Å². The summed E-state index contributed by atoms with van der Waals surface area (Å²) in [4.78, 5) is 11.1. The summed E-state index contributed by atoms with van der Waals surface area (Å²) >= 11 is 0. The zero-order chi connectivity index (χ0) is 51.5. The molecule has 0 N–H and O–H groups in total. The van der Waals surface area contributed by atoms with E-state index in [-0.39, 0.29) is 5.54 Å². The second kappa shape index (κ2) is 22.9. The third-order valence-corrected chi connectivity index (χ3v) is 16.9. The second-order valence-electron chi connectivity index (χ2n) is 31.0. The average molecular weight is 934 g/mol. The molecule has 1 aromatic rings. The van der Waals surface area contributed by atoms with E-state index >= 15 is 0 Å². The van der Waals surface area contributed by atoms with E-state index in [1.807, 2.05) is 0 Å². The predicted molar refractivity (Wildman–Crippen MR) is 299 cm³/mol. The van der Waals surface area contributed by atoms with Crippen molar-refractivity contribution in [2.75, 3.05) is 0 Å². The van der Waals surface area contributed by atoms with Crippen LogP contribution in [0.1, 0.15) is 282 Å². The highest BCUT2D eigenvalue weighted by atomic mass is 15.3. The fraction of sp³-hybridized carbons (Fsp3) is 0.905. The van der Waals surface area contributed by atoms with Crippen LogP contribution in [0.15, 0.2) is 30.3 Å². The molecule has 4 aliphatic heterocycles. The quantitative estimate of drug-likeness (QED) is 0.299. The van der Waals surface area contributed by atoms with Crippen LogP contribution in [0.25, 0.3) is 0 Å². The molecule has 392 valence electrons. The van der Waals surface area contributed by atoms with Crippen molar-refractivity contribution in [1.29, 1.82) is 0 Å². The zero-order valence-electron chi connectivity index (χ0n) is 50.3. The maximum atomic E-state index is 2.91. The zero-order valence-corrected chi connectivity index (χ0v) is 50.3. The molecule has 5 aliphatic rings. The van der Waals surface area contributed by atoms with E-state index in [1.54, 1.807) is 0 Å². The van der Waals surface area contributed by atoms with Gasteiger partial charge in [0.05, 0.1) is 0 Å². The Morgan fingerprint density at radius 3 is 1.16 bits per heavy atom. The molecule has 4 nitrogen and oxygen atoms in total. The van der Waals surface area contributed by atoms with Gasteiger partial charge < -0.3 is 0 Å². The molecule has 6 rings (SSSR count). The van der Waals surface area contributed by atoms with Crippen molar-refractivity contribution in [2.24, 2.45) is 27.6 Å². The summed E-state index contributed by atoms with van der Waals surface area (Å²) in [5.74, 6) is 0.973. The average Bonchev–Trinajstić information content (AvgIpc) is 3.98. The SMILES string of the molecule is CC(C)(C)C1CCC(C2CCCCC2)N1C(C)(C)C.CC(C)(C)C1CCC(c2ccccc2)N1C(C)(C)C.CC1CCC(C(C)(C)C)N1C(C)(C)C.CCC1CCC(C(C)(C)C)N1C(C)(C)C. The van der Waals surface area contributed by atoms with Gasteiger partial charge in [-0.15, -0.1) is 0 Å². The Labute approximate surface area is 421 Å². The van der Waals surface area contributed by atoms with Crippen LogP contribution in [0.2, 0.25) is 0 Å². The molecule has 1 saturated carbocycles. The topological polar surface area (TPSA) is 13.0 Å². The van der Waals surface area contributed by atoms with Crippen molar-refractivity contribution >= 4 is 0 Å². The van der Waals surface area contributed by atoms with E-state index in [2.05, 4.69) is 230 Å². The summed E-state index contributed by atoms with van der Waals surface area (Å²) in [7, 11) is 0. The van der Waals surface area contributed by atoms with Gasteiger partial charge in [0.15, 0.2) is 0 Å². The first-order valence-corrected chi connectivity index (χ1v) is 28.4. The van der Waals surface area contributed by atoms with Crippen molar-refractivity contribution in [3.63, 3.8) is 0 Å². The van der Waals surface area contributed by atoms with Crippen LogP contribution in [0.5, 0.6) is 0 Å². The number of benzene rings is 1. The van der Waals surface area contributed by atoms with Crippen molar-refractivity contribution in [1.82, 2.24) is 19.6 Å². The Balaban J connectivity index is 0.000000239. The molecule has 0 bridgehead atoms. The molecule has 4 heteroatoms. The number of rotatable bonds is 3. The van der Waals surface area contributed by atoms with Crippen molar-refractivity contribution in [3.05, 3.63) is 35.9 Å². The van der Waals surface area contributed by atoms with Crippen LogP contribution in [0, 0.1) is 27.6 Å². The van der Waals surface area contributed by atoms with Gasteiger partial charge in [-0.2, -0.15) is 0 Å². The molecule has 0 spiro atoms. The van der Waals surface area contributed by atoms with E-state index in [9.17, 15) is 0 Å². The van der Waals surface area contributed by atoms with Crippen LogP contribution < -0.4 is 0 Å². The summed E-state index contributed by atoms with van der Waals surface area (Å²) in [5, 5.41) is 0. The normalized spacial score (nSPS) is 29.5. The summed E-state index contributed by atoms with van der Waals surface area (Å²) in [6.45, 7) is 61.8. The number of hydrogen-bond acceptors (Lipinski definition) is 4. The Hall–Kier alpha value is -0.940. The number of hydrogen-bond donors (Lipinski definition) is 0. The molecular formula is C63H120N4. The van der Waals surface area contributed by atoms with Crippen LogP contribution >= 0.6 is 0 Å². The fourth-order valence-corrected chi connectivity index (χ4v) is 14.3. The maximum absolute atomic E-state index is 2.91. The molecule has 0 radical (unpaired) electrons. The lowest BCUT2D eigenvalue weighted by Gasteiger charge is -2.48. The van der Waals surface area contributed by atoms with Gasteiger partial charge >= 0.3 is 0 Å². The van der Waals surface area contributed by atoms with Crippen LogP contribution in [0.3, 0.4) is 0 Å². The van der Waals surface area contributed by atoms with Gasteiger partial charge in [0.1, 0.15) is 0 Å². The van der Waals surface area contributed by atoms with E-state index < -0.39 is 0 Å². The molecule has 0 amide bonds. The maximum Gasteiger partial charge on any atom is 0.0357 e. The minimum atomic E-state index is 0.217. The number of nitrogens with zero attached hydrogens (tertiary/aromatic N) is 4. The Bertz CT molecular complexity index is 1560. The van der Waals surface area contributed by atoms with Gasteiger partial charge in [-0.1, -0.05) is 140 Å². The summed E-state index contributed by atoms with van der Waals surface area (Å²) < 4.78 is 0. The molecule has 1 aliphatic carbocycles. The summed E-state index contributed by atoms with van der Waals surface area (Å²) in [5.41, 5.74) is 4.22. The highest BCUT2D eigenvalue weighted by Crippen LogP contribution is 2.48. The summed E-state index contributed by atoms with van der Waals surface area (Å²) in [6.07, 6.45) is 19.6. The third kappa shape index (κ3) is 16.5. The fourth-order valence-electron chi connectivity index (χ4n) is 14.3. The highest BCUT2D eigenvalue weighted by molar-refractivity contribution is 5.22. The molecule has 0 aromatic heterocycles. The van der Waals surface area contributed by atoms with Gasteiger partial charge in [-0.05, 0) is 194 Å². The van der Waals surface area contributed by atoms with Gasteiger partial charge in [0.25, 0.3) is 0 Å². The lowest BCUT2D eigenvalue weighted by Crippen LogP contribution is -2.55. The van der Waals surface area contributed by atoms with Gasteiger partial charge in [-0.3, -0.25) is 19.6 Å². The van der Waals surface area contributed by atoms with E-state index in [0.29, 0.717) is 50.4 Å². The van der Waals surface area contributed by atoms with Crippen molar-refractivity contribution < 1.29 is 0 Å². The first-order chi connectivity index (χ1) is 30.2. The Kier molecular flexibility index (Phi) is 20.6. The Morgan fingerprint density at radius 1 is 0.388 bits per heavy atom. The molecule has 1 aromatic carbocycles. The van der Waals surface area contributed by atoms with Gasteiger partial charge in [-0.25, -0.2) is 0 Å². The molecule has 8 atom stereocenters. The van der Waals surface area contributed by atoms with Crippen molar-refractivity contribution in [2.45, 2.75) is 340 Å². The molecule has 4 saturated heterocycles. The Morgan fingerprint density at radius 2 is 0.761 bits per heavy atom. The van der Waals surface area contributed by atoms with Crippen LogP contribution in [0.4, 0.5) is 0 Å². The van der Waals surface area contributed by atoms with Gasteiger partial charge in [0, 0.05) is 70.5 Å². The minimum absolute atomic E-state index is 0.217. The largest absolute Gasteiger partial charge is 0.292 e. The molecule has 4 heterocycles. The monoisotopic (exact) mass is 933 g/mol. The molecule has 5 fully saturated rings. The molecule has 8 unspecified atom stereocenters.